The van der Waals surface area contributed by atoms with Gasteiger partial charge in [-0.15, -0.1) is 0 Å². The largest absolute Gasteiger partial charge is 0.389 e. The lowest BCUT2D eigenvalue weighted by molar-refractivity contribution is -0.136. The molecule has 108 valence electrons. The van der Waals surface area contributed by atoms with Crippen molar-refractivity contribution in [3.05, 3.63) is 34.6 Å². The first-order valence-electron chi connectivity index (χ1n) is 6.08. The lowest BCUT2D eigenvalue weighted by Crippen LogP contribution is -2.24. The van der Waals surface area contributed by atoms with Crippen molar-refractivity contribution in [3.63, 3.8) is 0 Å². The van der Waals surface area contributed by atoms with E-state index in [0.29, 0.717) is 12.1 Å². The summed E-state index contributed by atoms with van der Waals surface area (Å²) in [6.07, 6.45) is -4.45. The number of benzene rings is 1. The second-order valence-electron chi connectivity index (χ2n) is 4.33. The first-order chi connectivity index (χ1) is 8.83. The minimum Gasteiger partial charge on any atom is -0.310 e. The van der Waals surface area contributed by atoms with Crippen molar-refractivity contribution >= 4 is 11.6 Å². The summed E-state index contributed by atoms with van der Waals surface area (Å²) in [5.41, 5.74) is 0.486. The number of nitrogens with one attached hydrogen (secondary N) is 1. The second kappa shape index (κ2) is 7.10. The molecule has 0 saturated carbocycles. The van der Waals surface area contributed by atoms with Crippen molar-refractivity contribution in [3.8, 4) is 0 Å². The molecule has 19 heavy (non-hydrogen) atoms. The zero-order chi connectivity index (χ0) is 14.5. The molecule has 0 bridgehead atoms. The first kappa shape index (κ1) is 16.2. The van der Waals surface area contributed by atoms with Crippen molar-refractivity contribution in [2.75, 3.05) is 6.54 Å². The van der Waals surface area contributed by atoms with Gasteiger partial charge in [-0.05, 0) is 37.1 Å². The van der Waals surface area contributed by atoms with Gasteiger partial charge < -0.3 is 5.32 Å². The van der Waals surface area contributed by atoms with Gasteiger partial charge in [-0.3, -0.25) is 0 Å². The van der Waals surface area contributed by atoms with Crippen LogP contribution in [-0.4, -0.2) is 12.7 Å². The third-order valence-electron chi connectivity index (χ3n) is 2.70. The fraction of sp³-hybridized carbons (Fsp3) is 0.538. The Morgan fingerprint density at radius 1 is 1.32 bits per heavy atom. The van der Waals surface area contributed by atoms with Crippen LogP contribution >= 0.6 is 11.6 Å². The van der Waals surface area contributed by atoms with Gasteiger partial charge in [0.25, 0.3) is 0 Å². The summed E-state index contributed by atoms with van der Waals surface area (Å²) < 4.78 is 50.2. The number of alkyl halides is 3. The molecule has 0 spiro atoms. The summed E-state index contributed by atoms with van der Waals surface area (Å²) in [6.45, 7) is 2.49. The molecule has 1 nitrogen and oxygen atoms in total. The molecule has 0 amide bonds. The predicted molar refractivity (Wildman–Crippen MR) is 67.7 cm³/mol. The van der Waals surface area contributed by atoms with Crippen molar-refractivity contribution in [2.45, 2.75) is 38.4 Å². The molecule has 0 aliphatic carbocycles. The van der Waals surface area contributed by atoms with E-state index in [-0.39, 0.29) is 11.4 Å². The van der Waals surface area contributed by atoms with Crippen LogP contribution in [0, 0.1) is 5.82 Å². The van der Waals surface area contributed by atoms with Gasteiger partial charge in [0.2, 0.25) is 0 Å². The average molecular weight is 298 g/mol. The van der Waals surface area contributed by atoms with E-state index >= 15 is 0 Å². The first-order valence-corrected chi connectivity index (χ1v) is 6.46. The van der Waals surface area contributed by atoms with E-state index < -0.39 is 24.5 Å². The maximum atomic E-state index is 13.4. The van der Waals surface area contributed by atoms with E-state index in [0.717, 1.165) is 6.42 Å². The highest BCUT2D eigenvalue weighted by Gasteiger charge is 2.28. The molecule has 1 rings (SSSR count). The summed E-state index contributed by atoms with van der Waals surface area (Å²) in [5.74, 6) is -0.616. The maximum absolute atomic E-state index is 13.4. The molecule has 1 aromatic carbocycles. The van der Waals surface area contributed by atoms with Crippen LogP contribution in [0.1, 0.15) is 37.8 Å². The predicted octanol–water partition coefficient (Wildman–Crippen LogP) is 4.86. The van der Waals surface area contributed by atoms with Gasteiger partial charge in [0.15, 0.2) is 0 Å². The molecule has 1 aromatic rings. The fourth-order valence-electron chi connectivity index (χ4n) is 1.74. The zero-order valence-electron chi connectivity index (χ0n) is 10.5. The molecule has 0 radical (unpaired) electrons. The van der Waals surface area contributed by atoms with Gasteiger partial charge in [-0.25, -0.2) is 4.39 Å². The quantitative estimate of drug-likeness (QED) is 0.739. The molecular weight excluding hydrogens is 282 g/mol. The topological polar surface area (TPSA) is 12.0 Å². The van der Waals surface area contributed by atoms with Crippen molar-refractivity contribution in [2.24, 2.45) is 0 Å². The smallest absolute Gasteiger partial charge is 0.310 e. The van der Waals surface area contributed by atoms with E-state index in [1.165, 1.54) is 12.1 Å². The van der Waals surface area contributed by atoms with Crippen molar-refractivity contribution in [1.82, 2.24) is 5.32 Å². The normalized spacial score (nSPS) is 13.6. The summed E-state index contributed by atoms with van der Waals surface area (Å²) >= 11 is 5.56. The standard InChI is InChI=1S/C13H16ClF4N/c1-2-7-19-12(5-6-13(16,17)18)9-3-4-10(14)11(15)8-9/h3-4,8,12,19H,2,5-7H2,1H3. The van der Waals surface area contributed by atoms with Crippen molar-refractivity contribution in [1.29, 1.82) is 0 Å². The highest BCUT2D eigenvalue weighted by atomic mass is 35.5. The summed E-state index contributed by atoms with van der Waals surface area (Å²) in [4.78, 5) is 0. The molecular formula is C13H16ClF4N. The van der Waals surface area contributed by atoms with Crippen LogP contribution in [-0.2, 0) is 0 Å². The zero-order valence-corrected chi connectivity index (χ0v) is 11.3. The van der Waals surface area contributed by atoms with Gasteiger partial charge >= 0.3 is 6.18 Å². The molecule has 1 atom stereocenters. The lowest BCUT2D eigenvalue weighted by atomic mass is 10.0. The number of hydrogen-bond donors (Lipinski definition) is 1. The minimum absolute atomic E-state index is 0.0335. The third kappa shape index (κ3) is 5.78. The Labute approximate surface area is 115 Å². The average Bonchev–Trinajstić information content (AvgIpc) is 2.32. The maximum Gasteiger partial charge on any atom is 0.389 e. The van der Waals surface area contributed by atoms with Crippen LogP contribution in [0.4, 0.5) is 17.6 Å². The second-order valence-corrected chi connectivity index (χ2v) is 4.74. The van der Waals surface area contributed by atoms with E-state index in [9.17, 15) is 17.6 Å². The van der Waals surface area contributed by atoms with Gasteiger partial charge in [-0.2, -0.15) is 13.2 Å². The molecule has 0 aromatic heterocycles. The Morgan fingerprint density at radius 2 is 2.00 bits per heavy atom. The number of halogens is 5. The Bertz CT molecular complexity index is 406. The number of hydrogen-bond acceptors (Lipinski definition) is 1. The summed E-state index contributed by atoms with van der Waals surface area (Å²) in [7, 11) is 0. The molecule has 0 heterocycles. The molecule has 1 unspecified atom stereocenters. The van der Waals surface area contributed by atoms with Crippen LogP contribution < -0.4 is 5.32 Å². The highest BCUT2D eigenvalue weighted by molar-refractivity contribution is 6.30. The van der Waals surface area contributed by atoms with Gasteiger partial charge in [0, 0.05) is 12.5 Å². The third-order valence-corrected chi connectivity index (χ3v) is 3.01. The molecule has 0 fully saturated rings. The Balaban J connectivity index is 2.79. The van der Waals surface area contributed by atoms with Gasteiger partial charge in [0.05, 0.1) is 5.02 Å². The van der Waals surface area contributed by atoms with Crippen LogP contribution in [0.2, 0.25) is 5.02 Å². The molecule has 0 aliphatic heterocycles. The summed E-state index contributed by atoms with van der Waals surface area (Å²) in [5, 5.41) is 2.96. The fourth-order valence-corrected chi connectivity index (χ4v) is 1.86. The molecule has 1 N–H and O–H groups in total. The Morgan fingerprint density at radius 3 is 2.53 bits per heavy atom. The molecule has 0 aliphatic rings. The van der Waals surface area contributed by atoms with E-state index in [2.05, 4.69) is 5.32 Å². The minimum atomic E-state index is -4.21. The van der Waals surface area contributed by atoms with E-state index in [1.54, 1.807) is 6.07 Å². The van der Waals surface area contributed by atoms with Gasteiger partial charge in [0.1, 0.15) is 5.82 Å². The SMILES string of the molecule is CCCNC(CCC(F)(F)F)c1ccc(Cl)c(F)c1. The number of rotatable bonds is 6. The van der Waals surface area contributed by atoms with Crippen LogP contribution in [0.25, 0.3) is 0 Å². The highest BCUT2D eigenvalue weighted by Crippen LogP contribution is 2.29. The van der Waals surface area contributed by atoms with E-state index in [1.807, 2.05) is 6.92 Å². The van der Waals surface area contributed by atoms with Crippen molar-refractivity contribution < 1.29 is 17.6 Å². The monoisotopic (exact) mass is 297 g/mol. The molecule has 0 saturated heterocycles. The van der Waals surface area contributed by atoms with Crippen LogP contribution in [0.3, 0.4) is 0 Å². The summed E-state index contributed by atoms with van der Waals surface area (Å²) in [6, 6.07) is 3.58. The lowest BCUT2D eigenvalue weighted by Gasteiger charge is -2.20. The Hall–Kier alpha value is -0.810. The van der Waals surface area contributed by atoms with Crippen LogP contribution in [0.15, 0.2) is 18.2 Å². The van der Waals surface area contributed by atoms with Crippen LogP contribution in [0.5, 0.6) is 0 Å². The Kier molecular flexibility index (Phi) is 6.07. The van der Waals surface area contributed by atoms with Gasteiger partial charge in [-0.1, -0.05) is 24.6 Å². The van der Waals surface area contributed by atoms with E-state index in [4.69, 9.17) is 11.6 Å². The molecule has 6 heteroatoms.